The quantitative estimate of drug-likeness (QED) is 0.840. The van der Waals surface area contributed by atoms with Gasteiger partial charge in [0.05, 0.1) is 6.10 Å². The third-order valence-electron chi connectivity index (χ3n) is 2.44. The SMILES string of the molecule is COC(C)C(O)c1ccc(C)c(F)c1F. The molecule has 84 valence electrons. The maximum absolute atomic E-state index is 13.4. The topological polar surface area (TPSA) is 29.5 Å². The van der Waals surface area contributed by atoms with E-state index in [4.69, 9.17) is 4.74 Å². The molecule has 0 aliphatic heterocycles. The van der Waals surface area contributed by atoms with Gasteiger partial charge in [-0.05, 0) is 19.4 Å². The summed E-state index contributed by atoms with van der Waals surface area (Å²) in [6.07, 6.45) is -1.74. The average Bonchev–Trinajstić information content (AvgIpc) is 2.24. The van der Waals surface area contributed by atoms with Crippen LogP contribution in [0.15, 0.2) is 12.1 Å². The number of hydrogen-bond donors (Lipinski definition) is 1. The van der Waals surface area contributed by atoms with Crippen LogP contribution in [0.5, 0.6) is 0 Å². The van der Waals surface area contributed by atoms with Crippen LogP contribution in [0.25, 0.3) is 0 Å². The van der Waals surface area contributed by atoms with Crippen molar-refractivity contribution in [1.82, 2.24) is 0 Å². The fourth-order valence-corrected chi connectivity index (χ4v) is 1.27. The highest BCUT2D eigenvalue weighted by Gasteiger charge is 2.22. The molecule has 0 saturated carbocycles. The molecule has 0 amide bonds. The Balaban J connectivity index is 3.10. The van der Waals surface area contributed by atoms with Crippen molar-refractivity contribution in [3.63, 3.8) is 0 Å². The molecule has 0 bridgehead atoms. The Bertz CT molecular complexity index is 353. The third-order valence-corrected chi connectivity index (χ3v) is 2.44. The number of rotatable bonds is 3. The summed E-state index contributed by atoms with van der Waals surface area (Å²) < 4.78 is 31.5. The van der Waals surface area contributed by atoms with Crippen LogP contribution in [0.4, 0.5) is 8.78 Å². The minimum Gasteiger partial charge on any atom is -0.386 e. The highest BCUT2D eigenvalue weighted by molar-refractivity contribution is 5.27. The molecule has 1 aromatic rings. The summed E-state index contributed by atoms with van der Waals surface area (Å²) in [5.74, 6) is -1.93. The maximum Gasteiger partial charge on any atom is 0.164 e. The highest BCUT2D eigenvalue weighted by Crippen LogP contribution is 2.24. The molecule has 1 aromatic carbocycles. The number of aryl methyl sites for hydroxylation is 1. The van der Waals surface area contributed by atoms with E-state index in [-0.39, 0.29) is 11.1 Å². The molecule has 0 heterocycles. The van der Waals surface area contributed by atoms with Crippen LogP contribution < -0.4 is 0 Å². The van der Waals surface area contributed by atoms with Crippen LogP contribution in [-0.2, 0) is 4.74 Å². The van der Waals surface area contributed by atoms with Gasteiger partial charge in [0.2, 0.25) is 0 Å². The van der Waals surface area contributed by atoms with Crippen molar-refractivity contribution in [2.45, 2.75) is 26.1 Å². The van der Waals surface area contributed by atoms with Crippen molar-refractivity contribution in [3.05, 3.63) is 34.9 Å². The van der Waals surface area contributed by atoms with Gasteiger partial charge in [0.15, 0.2) is 11.6 Å². The lowest BCUT2D eigenvalue weighted by atomic mass is 10.0. The first-order chi connectivity index (χ1) is 6.99. The van der Waals surface area contributed by atoms with Crippen LogP contribution in [0.1, 0.15) is 24.2 Å². The van der Waals surface area contributed by atoms with Gasteiger partial charge in [-0.1, -0.05) is 12.1 Å². The standard InChI is InChI=1S/C11H14F2O2/c1-6-4-5-8(10(13)9(6)12)11(14)7(2)15-3/h4-5,7,11,14H,1-3H3. The zero-order valence-electron chi connectivity index (χ0n) is 8.92. The van der Waals surface area contributed by atoms with E-state index in [1.165, 1.54) is 26.2 Å². The van der Waals surface area contributed by atoms with E-state index in [0.717, 1.165) is 0 Å². The second-order valence-corrected chi connectivity index (χ2v) is 3.49. The van der Waals surface area contributed by atoms with Crippen LogP contribution in [0.2, 0.25) is 0 Å². The summed E-state index contributed by atoms with van der Waals surface area (Å²) >= 11 is 0. The number of ether oxygens (including phenoxy) is 1. The lowest BCUT2D eigenvalue weighted by Crippen LogP contribution is -2.18. The summed E-state index contributed by atoms with van der Waals surface area (Å²) in [7, 11) is 1.40. The van der Waals surface area contributed by atoms with Crippen molar-refractivity contribution >= 4 is 0 Å². The summed E-state index contributed by atoms with van der Waals surface area (Å²) in [4.78, 5) is 0. The van der Waals surface area contributed by atoms with E-state index in [2.05, 4.69) is 0 Å². The molecular weight excluding hydrogens is 202 g/mol. The number of methoxy groups -OCH3 is 1. The van der Waals surface area contributed by atoms with Gasteiger partial charge in [0, 0.05) is 12.7 Å². The fourth-order valence-electron chi connectivity index (χ4n) is 1.27. The van der Waals surface area contributed by atoms with Crippen molar-refractivity contribution in [1.29, 1.82) is 0 Å². The summed E-state index contributed by atoms with van der Waals surface area (Å²) in [6.45, 7) is 3.05. The Morgan fingerprint density at radius 2 is 1.87 bits per heavy atom. The Hall–Kier alpha value is -1.00. The lowest BCUT2D eigenvalue weighted by molar-refractivity contribution is -0.00344. The van der Waals surface area contributed by atoms with Crippen molar-refractivity contribution in [3.8, 4) is 0 Å². The van der Waals surface area contributed by atoms with Crippen LogP contribution >= 0.6 is 0 Å². The van der Waals surface area contributed by atoms with Crippen molar-refractivity contribution in [2.75, 3.05) is 7.11 Å². The Morgan fingerprint density at radius 1 is 1.27 bits per heavy atom. The monoisotopic (exact) mass is 216 g/mol. The van der Waals surface area contributed by atoms with Gasteiger partial charge in [-0.25, -0.2) is 8.78 Å². The van der Waals surface area contributed by atoms with Gasteiger partial charge >= 0.3 is 0 Å². The minimum atomic E-state index is -1.16. The number of benzene rings is 1. The average molecular weight is 216 g/mol. The van der Waals surface area contributed by atoms with Crippen LogP contribution in [-0.4, -0.2) is 18.3 Å². The molecule has 2 atom stereocenters. The molecule has 0 fully saturated rings. The fraction of sp³-hybridized carbons (Fsp3) is 0.455. The molecule has 0 aliphatic rings. The molecule has 0 spiro atoms. The predicted octanol–water partition coefficient (Wildman–Crippen LogP) is 2.34. The van der Waals surface area contributed by atoms with E-state index in [0.29, 0.717) is 0 Å². The zero-order valence-corrected chi connectivity index (χ0v) is 8.92. The number of halogens is 2. The summed E-state index contributed by atoms with van der Waals surface area (Å²) in [5.41, 5.74) is 0.140. The van der Waals surface area contributed by atoms with Gasteiger partial charge in [-0.3, -0.25) is 0 Å². The predicted molar refractivity (Wildman–Crippen MR) is 52.5 cm³/mol. The van der Waals surface area contributed by atoms with E-state index in [1.54, 1.807) is 6.92 Å². The molecule has 0 aliphatic carbocycles. The molecule has 2 unspecified atom stereocenters. The molecule has 2 nitrogen and oxygen atoms in total. The van der Waals surface area contributed by atoms with E-state index >= 15 is 0 Å². The molecule has 0 radical (unpaired) electrons. The molecule has 0 saturated heterocycles. The second kappa shape index (κ2) is 4.68. The van der Waals surface area contributed by atoms with Gasteiger partial charge in [-0.2, -0.15) is 0 Å². The first-order valence-corrected chi connectivity index (χ1v) is 4.64. The van der Waals surface area contributed by atoms with Gasteiger partial charge in [0.1, 0.15) is 6.10 Å². The molecule has 0 aromatic heterocycles. The first-order valence-electron chi connectivity index (χ1n) is 4.64. The van der Waals surface area contributed by atoms with E-state index in [9.17, 15) is 13.9 Å². The lowest BCUT2D eigenvalue weighted by Gasteiger charge is -2.18. The van der Waals surface area contributed by atoms with Crippen molar-refractivity contribution in [2.24, 2.45) is 0 Å². The van der Waals surface area contributed by atoms with Gasteiger partial charge in [0.25, 0.3) is 0 Å². The number of aliphatic hydroxyl groups is 1. The Kier molecular flexibility index (Phi) is 3.77. The molecule has 1 N–H and O–H groups in total. The third kappa shape index (κ3) is 2.33. The molecule has 1 rings (SSSR count). The normalized spacial score (nSPS) is 15.1. The zero-order chi connectivity index (χ0) is 11.6. The van der Waals surface area contributed by atoms with Crippen LogP contribution in [0.3, 0.4) is 0 Å². The molecular formula is C11H14F2O2. The van der Waals surface area contributed by atoms with E-state index in [1.807, 2.05) is 0 Å². The van der Waals surface area contributed by atoms with Gasteiger partial charge < -0.3 is 9.84 Å². The van der Waals surface area contributed by atoms with Crippen molar-refractivity contribution < 1.29 is 18.6 Å². The Morgan fingerprint density at radius 3 is 2.40 bits per heavy atom. The smallest absolute Gasteiger partial charge is 0.164 e. The largest absolute Gasteiger partial charge is 0.386 e. The summed E-state index contributed by atoms with van der Waals surface area (Å²) in [5, 5.41) is 9.65. The molecule has 15 heavy (non-hydrogen) atoms. The molecule has 4 heteroatoms. The van der Waals surface area contributed by atoms with E-state index < -0.39 is 23.8 Å². The Labute approximate surface area is 87.5 Å². The maximum atomic E-state index is 13.4. The number of aliphatic hydroxyl groups excluding tert-OH is 1. The summed E-state index contributed by atoms with van der Waals surface area (Å²) in [6, 6.07) is 2.80. The van der Waals surface area contributed by atoms with Gasteiger partial charge in [-0.15, -0.1) is 0 Å². The highest BCUT2D eigenvalue weighted by atomic mass is 19.2. The number of hydrogen-bond acceptors (Lipinski definition) is 2. The minimum absolute atomic E-state index is 0.0764. The second-order valence-electron chi connectivity index (χ2n) is 3.49. The first kappa shape index (κ1) is 12.1. The van der Waals surface area contributed by atoms with Crippen LogP contribution in [0, 0.1) is 18.6 Å².